The number of hydrogen-bond donors (Lipinski definition) is 1. The summed E-state index contributed by atoms with van der Waals surface area (Å²) < 4.78 is 26.6. The minimum Gasteiger partial charge on any atom is -0.493 e. The van der Waals surface area contributed by atoms with E-state index in [4.69, 9.17) is 23.7 Å². The van der Waals surface area contributed by atoms with Gasteiger partial charge in [0.15, 0.2) is 23.0 Å². The molecular weight excluding hydrogens is 426 g/mol. The van der Waals surface area contributed by atoms with Crippen LogP contribution in [0.2, 0.25) is 0 Å². The Bertz CT molecular complexity index is 942. The van der Waals surface area contributed by atoms with Crippen molar-refractivity contribution in [3.8, 4) is 23.0 Å². The predicted octanol–water partition coefficient (Wildman–Crippen LogP) is 4.17. The summed E-state index contributed by atoms with van der Waals surface area (Å²) in [5.74, 6) is 1.75. The fourth-order valence-corrected chi connectivity index (χ4v) is 3.15. The van der Waals surface area contributed by atoms with Crippen LogP contribution in [0.15, 0.2) is 36.4 Å². The van der Waals surface area contributed by atoms with Crippen LogP contribution in [0.1, 0.15) is 48.7 Å². The number of carbonyl (C=O) groups is 2. The van der Waals surface area contributed by atoms with Crippen molar-refractivity contribution in [1.82, 2.24) is 5.32 Å². The summed E-state index contributed by atoms with van der Waals surface area (Å²) in [6, 6.07) is 9.55. The average Bonchev–Trinajstić information content (AvgIpc) is 2.82. The van der Waals surface area contributed by atoms with Gasteiger partial charge in [0.2, 0.25) is 0 Å². The van der Waals surface area contributed by atoms with Crippen LogP contribution in [-0.2, 0) is 9.53 Å². The number of methoxy groups -OCH3 is 4. The van der Waals surface area contributed by atoms with Crippen molar-refractivity contribution in [2.24, 2.45) is 5.92 Å². The molecule has 0 saturated carbocycles. The number of esters is 1. The summed E-state index contributed by atoms with van der Waals surface area (Å²) in [5, 5.41) is 2.90. The van der Waals surface area contributed by atoms with E-state index in [9.17, 15) is 9.59 Å². The third-order valence-electron chi connectivity index (χ3n) is 5.09. The molecule has 33 heavy (non-hydrogen) atoms. The lowest BCUT2D eigenvalue weighted by atomic mass is 10.0. The molecule has 1 amide bonds. The van der Waals surface area contributed by atoms with Gasteiger partial charge in [-0.3, -0.25) is 9.59 Å². The summed E-state index contributed by atoms with van der Waals surface area (Å²) in [6.07, 6.45) is 0.858. The molecule has 0 bridgehead atoms. The third kappa shape index (κ3) is 7.30. The van der Waals surface area contributed by atoms with Crippen LogP contribution in [0.25, 0.3) is 0 Å². The Morgan fingerprint density at radius 1 is 0.848 bits per heavy atom. The average molecular weight is 460 g/mol. The highest BCUT2D eigenvalue weighted by atomic mass is 16.5. The van der Waals surface area contributed by atoms with E-state index in [1.165, 1.54) is 28.4 Å². The minimum atomic E-state index is -0.641. The maximum atomic E-state index is 13.0. The summed E-state index contributed by atoms with van der Waals surface area (Å²) in [7, 11) is 5.89. The molecule has 0 radical (unpaired) electrons. The zero-order chi connectivity index (χ0) is 24.4. The van der Waals surface area contributed by atoms with Gasteiger partial charge in [-0.1, -0.05) is 19.9 Å². The van der Waals surface area contributed by atoms with Crippen molar-refractivity contribution in [3.05, 3.63) is 47.5 Å². The fourth-order valence-electron chi connectivity index (χ4n) is 3.15. The van der Waals surface area contributed by atoms with Crippen LogP contribution in [0.3, 0.4) is 0 Å². The maximum absolute atomic E-state index is 13.0. The van der Waals surface area contributed by atoms with Crippen LogP contribution in [0, 0.1) is 5.92 Å². The lowest BCUT2D eigenvalue weighted by molar-refractivity contribution is -0.141. The molecule has 1 unspecified atom stereocenters. The molecule has 2 aromatic rings. The van der Waals surface area contributed by atoms with Gasteiger partial charge >= 0.3 is 5.97 Å². The monoisotopic (exact) mass is 459 g/mol. The number of carbonyl (C=O) groups excluding carboxylic acids is 2. The Hall–Kier alpha value is -3.42. The first-order chi connectivity index (χ1) is 15.8. The van der Waals surface area contributed by atoms with Gasteiger partial charge in [-0.2, -0.15) is 0 Å². The summed E-state index contributed by atoms with van der Waals surface area (Å²) in [6.45, 7) is 4.80. The maximum Gasteiger partial charge on any atom is 0.307 e. The number of benzene rings is 2. The summed E-state index contributed by atoms with van der Waals surface area (Å²) in [5.41, 5.74) is 1.05. The number of rotatable bonds is 12. The van der Waals surface area contributed by atoms with Crippen molar-refractivity contribution in [1.29, 1.82) is 0 Å². The molecule has 2 rings (SSSR count). The van der Waals surface area contributed by atoms with E-state index in [-0.39, 0.29) is 12.3 Å². The molecule has 0 aliphatic heterocycles. The lowest BCUT2D eigenvalue weighted by Crippen LogP contribution is -2.30. The second-order valence-electron chi connectivity index (χ2n) is 7.82. The van der Waals surface area contributed by atoms with Crippen LogP contribution < -0.4 is 24.3 Å². The van der Waals surface area contributed by atoms with Gasteiger partial charge in [0.25, 0.3) is 5.91 Å². The van der Waals surface area contributed by atoms with Crippen LogP contribution in [0.5, 0.6) is 23.0 Å². The minimum absolute atomic E-state index is 0.0503. The Kier molecular flexibility index (Phi) is 9.84. The zero-order valence-corrected chi connectivity index (χ0v) is 20.1. The molecular formula is C25H33NO7. The highest BCUT2D eigenvalue weighted by Crippen LogP contribution is 2.32. The van der Waals surface area contributed by atoms with Gasteiger partial charge in [-0.25, -0.2) is 0 Å². The zero-order valence-electron chi connectivity index (χ0n) is 20.1. The fraction of sp³-hybridized carbons (Fsp3) is 0.440. The molecule has 2 aromatic carbocycles. The van der Waals surface area contributed by atoms with E-state index in [0.29, 0.717) is 46.6 Å². The standard InChI is InChI=1S/C25H33NO7/c1-16(2)11-12-33-21-10-8-18(14-23(21)31-5)25(28)26-19(15-24(27)32-6)17-7-9-20(29-3)22(13-17)30-4/h7-10,13-14,16,19H,11-12,15H2,1-6H3,(H,26,28). The topological polar surface area (TPSA) is 92.3 Å². The molecule has 0 saturated heterocycles. The molecule has 1 atom stereocenters. The molecule has 0 aromatic heterocycles. The summed E-state index contributed by atoms with van der Waals surface area (Å²) >= 11 is 0. The highest BCUT2D eigenvalue weighted by molar-refractivity contribution is 5.95. The van der Waals surface area contributed by atoms with Crippen LogP contribution >= 0.6 is 0 Å². The molecule has 180 valence electrons. The number of ether oxygens (including phenoxy) is 5. The van der Waals surface area contributed by atoms with Crippen molar-refractivity contribution in [3.63, 3.8) is 0 Å². The molecule has 8 heteroatoms. The first kappa shape index (κ1) is 25.8. The van der Waals surface area contributed by atoms with E-state index < -0.39 is 12.0 Å². The van der Waals surface area contributed by atoms with Crippen molar-refractivity contribution in [2.45, 2.75) is 32.7 Å². The largest absolute Gasteiger partial charge is 0.493 e. The molecule has 0 heterocycles. The predicted molar refractivity (Wildman–Crippen MR) is 124 cm³/mol. The van der Waals surface area contributed by atoms with Crippen LogP contribution in [-0.4, -0.2) is 46.9 Å². The molecule has 0 aliphatic rings. The Morgan fingerprint density at radius 3 is 2.09 bits per heavy atom. The Labute approximate surface area is 195 Å². The molecule has 0 aliphatic carbocycles. The molecule has 8 nitrogen and oxygen atoms in total. The van der Waals surface area contributed by atoms with Crippen LogP contribution in [0.4, 0.5) is 0 Å². The first-order valence-electron chi connectivity index (χ1n) is 10.7. The van der Waals surface area contributed by atoms with Gasteiger partial charge in [0, 0.05) is 5.56 Å². The lowest BCUT2D eigenvalue weighted by Gasteiger charge is -2.20. The molecule has 0 spiro atoms. The third-order valence-corrected chi connectivity index (χ3v) is 5.09. The highest BCUT2D eigenvalue weighted by Gasteiger charge is 2.22. The van der Waals surface area contributed by atoms with Gasteiger partial charge in [0.1, 0.15) is 0 Å². The normalized spacial score (nSPS) is 11.5. The smallest absolute Gasteiger partial charge is 0.307 e. The number of amides is 1. The van der Waals surface area contributed by atoms with Crippen molar-refractivity contribution in [2.75, 3.05) is 35.0 Å². The van der Waals surface area contributed by atoms with Gasteiger partial charge < -0.3 is 29.0 Å². The Morgan fingerprint density at radius 2 is 1.48 bits per heavy atom. The Balaban J connectivity index is 2.25. The molecule has 0 fully saturated rings. The second-order valence-corrected chi connectivity index (χ2v) is 7.82. The van der Waals surface area contributed by atoms with E-state index in [0.717, 1.165) is 6.42 Å². The van der Waals surface area contributed by atoms with Gasteiger partial charge in [-0.05, 0) is 48.2 Å². The number of hydrogen-bond acceptors (Lipinski definition) is 7. The van der Waals surface area contributed by atoms with Gasteiger partial charge in [0.05, 0.1) is 47.5 Å². The summed E-state index contributed by atoms with van der Waals surface area (Å²) in [4.78, 5) is 25.1. The first-order valence-corrected chi connectivity index (χ1v) is 10.7. The second kappa shape index (κ2) is 12.6. The van der Waals surface area contributed by atoms with Crippen molar-refractivity contribution < 1.29 is 33.3 Å². The molecule has 1 N–H and O–H groups in total. The SMILES string of the molecule is COC(=O)CC(NC(=O)c1ccc(OCCC(C)C)c(OC)c1)c1ccc(OC)c(OC)c1. The van der Waals surface area contributed by atoms with Gasteiger partial charge in [-0.15, -0.1) is 0 Å². The van der Waals surface area contributed by atoms with E-state index in [2.05, 4.69) is 19.2 Å². The van der Waals surface area contributed by atoms with E-state index in [1.54, 1.807) is 36.4 Å². The van der Waals surface area contributed by atoms with E-state index in [1.807, 2.05) is 0 Å². The van der Waals surface area contributed by atoms with Crippen molar-refractivity contribution >= 4 is 11.9 Å². The van der Waals surface area contributed by atoms with E-state index >= 15 is 0 Å². The number of nitrogens with one attached hydrogen (secondary N) is 1. The quantitative estimate of drug-likeness (QED) is 0.476.